The zero-order valence-electron chi connectivity index (χ0n) is 30.8. The van der Waals surface area contributed by atoms with Crippen LogP contribution in [0.1, 0.15) is 87.6 Å². The molecule has 0 radical (unpaired) electrons. The fraction of sp³-hybridized carbons (Fsp3) is 0.475. The number of fused-ring (bicyclic) bond motifs is 1. The van der Waals surface area contributed by atoms with Gasteiger partial charge >= 0.3 is 0 Å². The highest BCUT2D eigenvalue weighted by molar-refractivity contribution is 6.23. The second-order valence-electron chi connectivity index (χ2n) is 15.5. The zero-order chi connectivity index (χ0) is 38.2. The maximum atomic E-state index is 13.3. The van der Waals surface area contributed by atoms with Crippen LogP contribution in [0.3, 0.4) is 0 Å². The first-order valence-electron chi connectivity index (χ1n) is 19.4. The van der Waals surface area contributed by atoms with E-state index in [0.29, 0.717) is 41.1 Å². The number of piperidine rings is 3. The zero-order valence-corrected chi connectivity index (χ0v) is 30.8. The van der Waals surface area contributed by atoms with Crippen LogP contribution < -0.4 is 26.2 Å². The minimum absolute atomic E-state index is 0.0820. The molecule has 6 heterocycles. The second-order valence-corrected chi connectivity index (χ2v) is 15.5. The van der Waals surface area contributed by atoms with Gasteiger partial charge in [0.05, 0.1) is 17.3 Å². The van der Waals surface area contributed by atoms with Gasteiger partial charge in [0.25, 0.3) is 17.7 Å². The number of aliphatic hydroxyl groups excluding tert-OH is 1. The molecule has 0 saturated carbocycles. The molecule has 4 saturated heterocycles. The van der Waals surface area contributed by atoms with Crippen molar-refractivity contribution >= 4 is 52.5 Å². The number of anilines is 4. The van der Waals surface area contributed by atoms with Gasteiger partial charge < -0.3 is 30.9 Å². The quantitative estimate of drug-likeness (QED) is 0.222. The average Bonchev–Trinajstić information content (AvgIpc) is 3.76. The number of hydrogen-bond acceptors (Lipinski definition) is 12. The van der Waals surface area contributed by atoms with Crippen molar-refractivity contribution in [3.63, 3.8) is 0 Å². The number of imide groups is 2. The van der Waals surface area contributed by atoms with E-state index in [-0.39, 0.29) is 31.1 Å². The van der Waals surface area contributed by atoms with Crippen LogP contribution in [0.15, 0.2) is 48.7 Å². The number of rotatable bonds is 10. The van der Waals surface area contributed by atoms with Crippen molar-refractivity contribution in [3.8, 4) is 0 Å². The van der Waals surface area contributed by atoms with E-state index in [2.05, 4.69) is 42.5 Å². The van der Waals surface area contributed by atoms with Crippen LogP contribution in [0, 0.1) is 11.8 Å². The van der Waals surface area contributed by atoms with Gasteiger partial charge in [0, 0.05) is 57.1 Å². The summed E-state index contributed by atoms with van der Waals surface area (Å²) < 4.78 is 0. The number of aliphatic hydroxyl groups is 1. The number of hydrogen-bond donors (Lipinski definition) is 4. The number of nitrogens with zero attached hydrogens (tertiary/aromatic N) is 6. The van der Waals surface area contributed by atoms with E-state index in [9.17, 15) is 29.1 Å². The molecule has 5 aliphatic rings. The van der Waals surface area contributed by atoms with Gasteiger partial charge in [-0.25, -0.2) is 9.97 Å². The SMILES string of the molecule is NC(=O)c1ncc(N2CCC[C@@H](CO)C2)nc1Nc1ccc(C2CCN(C[C@@H]3CCN(c4ccc5c(c4)C(=O)N(C4CCC(=O)NC4=O)C5=O)C3)CC2)cc1. The van der Waals surface area contributed by atoms with E-state index >= 15 is 0 Å². The molecule has 0 bridgehead atoms. The van der Waals surface area contributed by atoms with Crippen LogP contribution in [0.25, 0.3) is 0 Å². The largest absolute Gasteiger partial charge is 0.396 e. The monoisotopic (exact) mass is 749 g/mol. The number of carbonyl (C=O) groups is 5. The van der Waals surface area contributed by atoms with E-state index in [1.165, 1.54) is 5.56 Å². The molecule has 2 aromatic carbocycles. The van der Waals surface area contributed by atoms with Crippen molar-refractivity contribution in [2.45, 2.75) is 56.9 Å². The molecule has 288 valence electrons. The second kappa shape index (κ2) is 15.4. The van der Waals surface area contributed by atoms with Gasteiger partial charge in [0.2, 0.25) is 11.8 Å². The molecular formula is C40H47N9O6. The molecule has 8 rings (SSSR count). The Bertz CT molecular complexity index is 2000. The maximum Gasteiger partial charge on any atom is 0.271 e. The van der Waals surface area contributed by atoms with Crippen LogP contribution in [-0.2, 0) is 9.59 Å². The van der Waals surface area contributed by atoms with Crippen molar-refractivity contribution in [2.24, 2.45) is 17.6 Å². The normalized spacial score (nSPS) is 23.7. The summed E-state index contributed by atoms with van der Waals surface area (Å²) in [7, 11) is 0. The number of carbonyl (C=O) groups excluding carboxylic acids is 5. The molecule has 15 heteroatoms. The third kappa shape index (κ3) is 7.50. The van der Waals surface area contributed by atoms with Crippen LogP contribution in [0.4, 0.5) is 23.0 Å². The Morgan fingerprint density at radius 3 is 2.38 bits per heavy atom. The molecule has 3 atom stereocenters. The van der Waals surface area contributed by atoms with Crippen LogP contribution in [-0.4, -0.2) is 113 Å². The maximum absolute atomic E-state index is 13.3. The molecular weight excluding hydrogens is 702 g/mol. The fourth-order valence-corrected chi connectivity index (χ4v) is 8.88. The Morgan fingerprint density at radius 2 is 1.64 bits per heavy atom. The summed E-state index contributed by atoms with van der Waals surface area (Å²) in [5.74, 6) is -0.549. The van der Waals surface area contributed by atoms with Gasteiger partial charge in [0.15, 0.2) is 11.5 Å². The number of likely N-dealkylation sites (tertiary alicyclic amines) is 1. The standard InChI is InChI=1S/C40H47N9O6/c41-36(52)35-37(44-33(19-42-35)48-14-1-2-25(22-48)23-50)43-28-5-3-26(4-6-28)27-12-15-46(16-13-27)20-24-11-17-47(21-24)29-7-8-30-31(18-29)40(55)49(39(30)54)32-9-10-34(51)45-38(32)53/h3-8,18-19,24-25,27,32,50H,1-2,9-17,20-23H2,(H2,41,52)(H,43,44)(H,45,51,53)/t24-,25+,32?/m0/s1. The summed E-state index contributed by atoms with van der Waals surface area (Å²) in [6, 6.07) is 12.7. The fourth-order valence-electron chi connectivity index (χ4n) is 8.88. The molecule has 5 amide bonds. The third-order valence-corrected chi connectivity index (χ3v) is 11.9. The Hall–Kier alpha value is -5.41. The average molecular weight is 750 g/mol. The first kappa shape index (κ1) is 36.6. The van der Waals surface area contributed by atoms with Crippen LogP contribution in [0.2, 0.25) is 0 Å². The van der Waals surface area contributed by atoms with Crippen LogP contribution >= 0.6 is 0 Å². The number of amides is 5. The van der Waals surface area contributed by atoms with Crippen LogP contribution in [0.5, 0.6) is 0 Å². The molecule has 3 aromatic rings. The minimum Gasteiger partial charge on any atom is -0.396 e. The number of primary amides is 1. The summed E-state index contributed by atoms with van der Waals surface area (Å²) in [5, 5.41) is 15.2. The Balaban J connectivity index is 0.835. The highest BCUT2D eigenvalue weighted by Crippen LogP contribution is 2.34. The van der Waals surface area contributed by atoms with Crippen molar-refractivity contribution in [3.05, 3.63) is 71.0 Å². The van der Waals surface area contributed by atoms with Crippen molar-refractivity contribution in [1.82, 2.24) is 25.1 Å². The summed E-state index contributed by atoms with van der Waals surface area (Å²) in [4.78, 5) is 79.7. The molecule has 0 aliphatic carbocycles. The molecule has 5 N–H and O–H groups in total. The van der Waals surface area contributed by atoms with E-state index in [0.717, 1.165) is 87.6 Å². The van der Waals surface area contributed by atoms with Gasteiger partial charge in [-0.3, -0.25) is 34.2 Å². The summed E-state index contributed by atoms with van der Waals surface area (Å²) >= 11 is 0. The highest BCUT2D eigenvalue weighted by Gasteiger charge is 2.45. The number of nitrogens with one attached hydrogen (secondary N) is 2. The molecule has 0 spiro atoms. The first-order valence-corrected chi connectivity index (χ1v) is 19.4. The van der Waals surface area contributed by atoms with E-state index in [4.69, 9.17) is 10.7 Å². The van der Waals surface area contributed by atoms with E-state index in [1.54, 1.807) is 18.3 Å². The lowest BCUT2D eigenvalue weighted by Gasteiger charge is -2.34. The van der Waals surface area contributed by atoms with Gasteiger partial charge in [-0.1, -0.05) is 12.1 Å². The minimum atomic E-state index is -0.973. The third-order valence-electron chi connectivity index (χ3n) is 11.9. The molecule has 4 fully saturated rings. The Labute approximate surface area is 319 Å². The molecule has 1 unspecified atom stereocenters. The van der Waals surface area contributed by atoms with Gasteiger partial charge in [-0.2, -0.15) is 0 Å². The molecule has 15 nitrogen and oxygen atoms in total. The molecule has 55 heavy (non-hydrogen) atoms. The Morgan fingerprint density at radius 1 is 0.873 bits per heavy atom. The van der Waals surface area contributed by atoms with Gasteiger partial charge in [0.1, 0.15) is 11.9 Å². The predicted molar refractivity (Wildman–Crippen MR) is 204 cm³/mol. The number of nitrogens with two attached hydrogens (primary N) is 1. The van der Waals surface area contributed by atoms with Crippen molar-refractivity contribution in [2.75, 3.05) is 67.5 Å². The van der Waals surface area contributed by atoms with E-state index < -0.39 is 35.6 Å². The summed E-state index contributed by atoms with van der Waals surface area (Å²) in [5.41, 5.74) is 9.29. The van der Waals surface area contributed by atoms with Gasteiger partial charge in [-0.05, 0) is 105 Å². The summed E-state index contributed by atoms with van der Waals surface area (Å²) in [6.07, 6.45) is 6.87. The smallest absolute Gasteiger partial charge is 0.271 e. The Kier molecular flexibility index (Phi) is 10.2. The lowest BCUT2D eigenvalue weighted by Crippen LogP contribution is -2.54. The van der Waals surface area contributed by atoms with Crippen molar-refractivity contribution in [1.29, 1.82) is 0 Å². The predicted octanol–water partition coefficient (Wildman–Crippen LogP) is 2.63. The molecule has 5 aliphatic heterocycles. The summed E-state index contributed by atoms with van der Waals surface area (Å²) in [6.45, 7) is 6.35. The number of benzene rings is 2. The molecule has 1 aromatic heterocycles. The lowest BCUT2D eigenvalue weighted by molar-refractivity contribution is -0.136. The highest BCUT2D eigenvalue weighted by atomic mass is 16.3. The first-order chi connectivity index (χ1) is 26.6. The van der Waals surface area contributed by atoms with E-state index in [1.807, 2.05) is 18.2 Å². The van der Waals surface area contributed by atoms with Gasteiger partial charge in [-0.15, -0.1) is 0 Å². The number of aromatic nitrogens is 2. The lowest BCUT2D eigenvalue weighted by atomic mass is 9.89. The topological polar surface area (TPSA) is 194 Å². The van der Waals surface area contributed by atoms with Crippen molar-refractivity contribution < 1.29 is 29.1 Å².